The van der Waals surface area contributed by atoms with E-state index in [2.05, 4.69) is 15.7 Å². The summed E-state index contributed by atoms with van der Waals surface area (Å²) in [5.41, 5.74) is -0.678. The molecule has 1 saturated heterocycles. The Morgan fingerprint density at radius 2 is 1.65 bits per heavy atom. The number of hydrogen-bond donors (Lipinski definition) is 2. The average Bonchev–Trinajstić information content (AvgIpc) is 3.95. The van der Waals surface area contributed by atoms with Gasteiger partial charge in [-0.05, 0) is 102 Å². The van der Waals surface area contributed by atoms with Crippen molar-refractivity contribution in [3.05, 3.63) is 47.5 Å². The van der Waals surface area contributed by atoms with E-state index in [1.54, 1.807) is 31.5 Å². The lowest BCUT2D eigenvalue weighted by Crippen LogP contribution is -2.62. The molecule has 0 radical (unpaired) electrons. The number of aromatic nitrogens is 2. The van der Waals surface area contributed by atoms with Crippen LogP contribution in [0.2, 0.25) is 0 Å². The lowest BCUT2D eigenvalue weighted by molar-refractivity contribution is -0.199. The van der Waals surface area contributed by atoms with Crippen molar-refractivity contribution in [2.24, 2.45) is 17.8 Å². The van der Waals surface area contributed by atoms with E-state index in [0.717, 1.165) is 36.6 Å². The first-order valence-corrected chi connectivity index (χ1v) is 16.7. The van der Waals surface area contributed by atoms with Crippen LogP contribution in [-0.4, -0.2) is 86.9 Å². The number of benzene rings is 1. The lowest BCUT2D eigenvalue weighted by atomic mass is 9.88. The van der Waals surface area contributed by atoms with Gasteiger partial charge >= 0.3 is 12.3 Å². The number of halogens is 4. The molecule has 1 aromatic carbocycles. The van der Waals surface area contributed by atoms with Crippen molar-refractivity contribution >= 4 is 29.5 Å². The van der Waals surface area contributed by atoms with Gasteiger partial charge in [0.25, 0.3) is 5.91 Å². The van der Waals surface area contributed by atoms with Crippen LogP contribution in [-0.2, 0) is 20.7 Å². The summed E-state index contributed by atoms with van der Waals surface area (Å²) in [6.07, 6.45) is -0.997. The molecule has 5 rings (SSSR count). The van der Waals surface area contributed by atoms with Crippen molar-refractivity contribution in [3.8, 4) is 0 Å². The second-order valence-corrected chi connectivity index (χ2v) is 14.5. The van der Waals surface area contributed by atoms with Crippen LogP contribution in [0.5, 0.6) is 0 Å². The Hall–Kier alpha value is -4.17. The molecule has 2 unspecified atom stereocenters. The standard InChI is InChI=1S/C34H44F4N6O5/c1-19(2)44-25(12-13-39-44)30(46)41-29(28(21-7-8-21)22-9-10-22)31(47)40-24-11-6-20(16-23(24)35)17-27(45)43-15-14-42(18-26(43)34(36,37)38)32(48)49-33(3,4)5/h6,11-13,16,19,21-22,26,28-29H,7-10,14-15,17-18H2,1-5H3,(H,40,47)(H,41,46). The largest absolute Gasteiger partial charge is 0.444 e. The molecule has 2 saturated carbocycles. The quantitative estimate of drug-likeness (QED) is 0.325. The molecule has 2 heterocycles. The van der Waals surface area contributed by atoms with E-state index in [1.807, 2.05) is 13.8 Å². The van der Waals surface area contributed by atoms with Gasteiger partial charge in [0.15, 0.2) is 0 Å². The Bertz CT molecular complexity index is 1550. The number of nitrogens with one attached hydrogen (secondary N) is 2. The van der Waals surface area contributed by atoms with Gasteiger partial charge in [-0.1, -0.05) is 6.07 Å². The number of carbonyl (C=O) groups excluding carboxylic acids is 4. The molecular weight excluding hydrogens is 648 g/mol. The lowest BCUT2D eigenvalue weighted by Gasteiger charge is -2.42. The molecule has 4 amide bonds. The Balaban J connectivity index is 1.27. The molecule has 3 fully saturated rings. The number of alkyl halides is 3. The molecule has 15 heteroatoms. The number of rotatable bonds is 10. The van der Waals surface area contributed by atoms with Gasteiger partial charge in [0, 0.05) is 25.3 Å². The number of hydrogen-bond acceptors (Lipinski definition) is 6. The Labute approximate surface area is 282 Å². The smallest absolute Gasteiger partial charge is 0.410 e. The molecule has 1 aromatic heterocycles. The highest BCUT2D eigenvalue weighted by Gasteiger charge is 2.50. The first-order valence-electron chi connectivity index (χ1n) is 16.7. The van der Waals surface area contributed by atoms with Crippen LogP contribution in [0.4, 0.5) is 28.0 Å². The topological polar surface area (TPSA) is 126 Å². The van der Waals surface area contributed by atoms with Crippen molar-refractivity contribution in [2.45, 2.75) is 96.6 Å². The Morgan fingerprint density at radius 3 is 2.20 bits per heavy atom. The third-order valence-electron chi connectivity index (χ3n) is 9.06. The number of anilines is 1. The summed E-state index contributed by atoms with van der Waals surface area (Å²) in [5.74, 6) is -2.38. The molecule has 2 aliphatic carbocycles. The van der Waals surface area contributed by atoms with Crippen LogP contribution < -0.4 is 10.6 Å². The maximum atomic E-state index is 15.4. The van der Waals surface area contributed by atoms with Gasteiger partial charge in [-0.15, -0.1) is 0 Å². The Morgan fingerprint density at radius 1 is 1.00 bits per heavy atom. The summed E-state index contributed by atoms with van der Waals surface area (Å²) in [5, 5.41) is 9.71. The molecule has 2 N–H and O–H groups in total. The van der Waals surface area contributed by atoms with Gasteiger partial charge in [0.2, 0.25) is 11.8 Å². The van der Waals surface area contributed by atoms with Gasteiger partial charge in [-0.3, -0.25) is 19.1 Å². The minimum Gasteiger partial charge on any atom is -0.444 e. The minimum absolute atomic E-state index is 0.0913. The van der Waals surface area contributed by atoms with Gasteiger partial charge in [-0.2, -0.15) is 18.3 Å². The van der Waals surface area contributed by atoms with E-state index >= 15 is 4.39 Å². The van der Waals surface area contributed by atoms with E-state index < -0.39 is 66.5 Å². The number of amides is 4. The van der Waals surface area contributed by atoms with Crippen LogP contribution in [0.25, 0.3) is 0 Å². The summed E-state index contributed by atoms with van der Waals surface area (Å²) in [4.78, 5) is 54.2. The molecule has 0 bridgehead atoms. The van der Waals surface area contributed by atoms with E-state index in [0.29, 0.717) is 10.6 Å². The van der Waals surface area contributed by atoms with Crippen molar-refractivity contribution in [1.82, 2.24) is 24.9 Å². The van der Waals surface area contributed by atoms with Crippen molar-refractivity contribution < 1.29 is 41.5 Å². The van der Waals surface area contributed by atoms with Crippen LogP contribution >= 0.6 is 0 Å². The van der Waals surface area contributed by atoms with Gasteiger partial charge in [-0.25, -0.2) is 9.18 Å². The molecule has 11 nitrogen and oxygen atoms in total. The van der Waals surface area contributed by atoms with Crippen LogP contribution in [0.3, 0.4) is 0 Å². The van der Waals surface area contributed by atoms with E-state index in [1.165, 1.54) is 18.3 Å². The highest BCUT2D eigenvalue weighted by atomic mass is 19.4. The number of ether oxygens (including phenoxy) is 1. The molecule has 2 aromatic rings. The SMILES string of the molecule is CC(C)n1nccc1C(=O)NC(C(=O)Nc1ccc(CC(=O)N2CCN(C(=O)OC(C)(C)C)CC2C(F)(F)F)cc1F)C(C1CC1)C1CC1. The molecular formula is C34H44F4N6O5. The van der Waals surface area contributed by atoms with Crippen molar-refractivity contribution in [2.75, 3.05) is 25.0 Å². The first kappa shape index (κ1) is 36.1. The zero-order chi connectivity index (χ0) is 35.8. The molecule has 3 aliphatic rings. The third kappa shape index (κ3) is 8.90. The summed E-state index contributed by atoms with van der Waals surface area (Å²) >= 11 is 0. The maximum Gasteiger partial charge on any atom is 0.410 e. The molecule has 1 aliphatic heterocycles. The molecule has 268 valence electrons. The zero-order valence-electron chi connectivity index (χ0n) is 28.3. The fraction of sp³-hybridized carbons (Fsp3) is 0.618. The van der Waals surface area contributed by atoms with Crippen LogP contribution in [0, 0.1) is 23.6 Å². The predicted molar refractivity (Wildman–Crippen MR) is 171 cm³/mol. The predicted octanol–water partition coefficient (Wildman–Crippen LogP) is 5.33. The highest BCUT2D eigenvalue weighted by Crippen LogP contribution is 2.51. The van der Waals surface area contributed by atoms with Crippen molar-refractivity contribution in [3.63, 3.8) is 0 Å². The fourth-order valence-electron chi connectivity index (χ4n) is 6.46. The van der Waals surface area contributed by atoms with Gasteiger partial charge < -0.3 is 25.2 Å². The fourth-order valence-corrected chi connectivity index (χ4v) is 6.46. The monoisotopic (exact) mass is 692 g/mol. The normalized spacial score (nSPS) is 19.2. The second-order valence-electron chi connectivity index (χ2n) is 14.5. The van der Waals surface area contributed by atoms with Crippen LogP contribution in [0.15, 0.2) is 30.5 Å². The Kier molecular flexibility index (Phi) is 10.3. The van der Waals surface area contributed by atoms with E-state index in [-0.39, 0.29) is 48.1 Å². The first-order chi connectivity index (χ1) is 22.9. The maximum absolute atomic E-state index is 15.4. The number of nitrogens with zero attached hydrogens (tertiary/aromatic N) is 4. The van der Waals surface area contributed by atoms with E-state index in [4.69, 9.17) is 4.74 Å². The van der Waals surface area contributed by atoms with E-state index in [9.17, 15) is 32.3 Å². The summed E-state index contributed by atoms with van der Waals surface area (Å²) in [7, 11) is 0. The number of carbonyl (C=O) groups is 4. The summed E-state index contributed by atoms with van der Waals surface area (Å²) in [6, 6.07) is 1.92. The molecule has 49 heavy (non-hydrogen) atoms. The molecule has 0 spiro atoms. The van der Waals surface area contributed by atoms with Crippen LogP contribution in [0.1, 0.15) is 82.4 Å². The highest BCUT2D eigenvalue weighted by molar-refractivity contribution is 6.01. The number of piperazine rings is 1. The zero-order valence-corrected chi connectivity index (χ0v) is 28.3. The second kappa shape index (κ2) is 14.0. The summed E-state index contributed by atoms with van der Waals surface area (Å²) in [6.45, 7) is 7.23. The third-order valence-corrected chi connectivity index (χ3v) is 9.06. The summed E-state index contributed by atoms with van der Waals surface area (Å²) < 4.78 is 64.3. The van der Waals surface area contributed by atoms with Crippen molar-refractivity contribution in [1.29, 1.82) is 0 Å². The minimum atomic E-state index is -4.82. The van der Waals surface area contributed by atoms with Gasteiger partial charge in [0.1, 0.15) is 29.2 Å². The molecule has 2 atom stereocenters. The van der Waals surface area contributed by atoms with Gasteiger partial charge in [0.05, 0.1) is 18.7 Å². The average molecular weight is 693 g/mol.